The van der Waals surface area contributed by atoms with Gasteiger partial charge in [0, 0.05) is 18.4 Å². The summed E-state index contributed by atoms with van der Waals surface area (Å²) in [6, 6.07) is 9.18. The summed E-state index contributed by atoms with van der Waals surface area (Å²) < 4.78 is 22.7. The molecule has 1 saturated carbocycles. The number of carbonyl (C=O) groups excluding carboxylic acids is 2. The zero-order valence-corrected chi connectivity index (χ0v) is 22.7. The van der Waals surface area contributed by atoms with Crippen molar-refractivity contribution in [1.82, 2.24) is 0 Å². The molecule has 0 N–H and O–H groups in total. The van der Waals surface area contributed by atoms with E-state index in [2.05, 4.69) is 0 Å². The lowest BCUT2D eigenvalue weighted by Crippen LogP contribution is -2.36. The van der Waals surface area contributed by atoms with Gasteiger partial charge in [0.2, 0.25) is 0 Å². The second-order valence-electron chi connectivity index (χ2n) is 10.3. The molecule has 2 fully saturated rings. The number of rotatable bonds is 17. The van der Waals surface area contributed by atoms with Crippen molar-refractivity contribution >= 4 is 11.9 Å². The molecule has 6 heteroatoms. The van der Waals surface area contributed by atoms with Crippen LogP contribution in [0.15, 0.2) is 42.5 Å². The van der Waals surface area contributed by atoms with Gasteiger partial charge in [-0.25, -0.2) is 9.59 Å². The Morgan fingerprint density at radius 1 is 0.919 bits per heavy atom. The van der Waals surface area contributed by atoms with Crippen LogP contribution in [0.25, 0.3) is 0 Å². The summed E-state index contributed by atoms with van der Waals surface area (Å²) in [5, 5.41) is 0. The maximum atomic E-state index is 12.0. The Bertz CT molecular complexity index is 814. The number of hydrogen-bond acceptors (Lipinski definition) is 6. The smallest absolute Gasteiger partial charge is 0.338 e. The molecule has 1 aliphatic carbocycles. The molecule has 2 aliphatic rings. The van der Waals surface area contributed by atoms with Crippen LogP contribution in [-0.4, -0.2) is 44.2 Å². The molecule has 3 rings (SSSR count). The molecular formula is C31H46O6. The monoisotopic (exact) mass is 514 g/mol. The highest BCUT2D eigenvalue weighted by atomic mass is 16.7. The summed E-state index contributed by atoms with van der Waals surface area (Å²) in [4.78, 5) is 23.4. The van der Waals surface area contributed by atoms with Crippen LogP contribution in [0, 0.1) is 11.8 Å². The van der Waals surface area contributed by atoms with E-state index in [1.807, 2.05) is 31.2 Å². The number of benzene rings is 1. The number of hydrogen-bond donors (Lipinski definition) is 0. The van der Waals surface area contributed by atoms with Crippen molar-refractivity contribution in [3.8, 4) is 0 Å². The fraction of sp³-hybridized carbons (Fsp3) is 0.677. The van der Waals surface area contributed by atoms with E-state index in [4.69, 9.17) is 18.9 Å². The van der Waals surface area contributed by atoms with Gasteiger partial charge in [-0.15, -0.1) is 0 Å². The Labute approximate surface area is 223 Å². The lowest BCUT2D eigenvalue weighted by atomic mass is 9.84. The summed E-state index contributed by atoms with van der Waals surface area (Å²) in [7, 11) is 0. The van der Waals surface area contributed by atoms with Gasteiger partial charge >= 0.3 is 11.9 Å². The second kappa shape index (κ2) is 16.6. The van der Waals surface area contributed by atoms with E-state index in [1.165, 1.54) is 38.5 Å². The number of esters is 2. The first kappa shape index (κ1) is 29.4. The molecule has 6 nitrogen and oxygen atoms in total. The third kappa shape index (κ3) is 9.90. The molecule has 0 bridgehead atoms. The van der Waals surface area contributed by atoms with Crippen LogP contribution in [-0.2, 0) is 23.7 Å². The van der Waals surface area contributed by atoms with Crippen LogP contribution in [0.3, 0.4) is 0 Å². The summed E-state index contributed by atoms with van der Waals surface area (Å²) in [5.41, 5.74) is 0.619. The molecule has 0 radical (unpaired) electrons. The molecule has 1 spiro atoms. The van der Waals surface area contributed by atoms with Crippen LogP contribution in [0.4, 0.5) is 0 Å². The van der Waals surface area contributed by atoms with E-state index in [0.717, 1.165) is 44.9 Å². The quantitative estimate of drug-likeness (QED) is 0.126. The standard InChI is InChI=1S/C31H46O6/c1-2-34-29(32)20-14-7-6-13-19-28-26(21-22-31(28)36-24-25-37-31)16-10-5-3-4-8-15-23-35-30(33)27-17-11-9-12-18-27/h9,11-12,14,17-18,20,26,28H,2-8,10,13,15-16,19,21-25H2,1H3/t26-,28+/m0/s1. The summed E-state index contributed by atoms with van der Waals surface area (Å²) in [6.07, 6.45) is 18.1. The lowest BCUT2D eigenvalue weighted by Gasteiger charge is -2.32. The van der Waals surface area contributed by atoms with Crippen molar-refractivity contribution in [1.29, 1.82) is 0 Å². The molecule has 0 aromatic heterocycles. The second-order valence-corrected chi connectivity index (χ2v) is 10.3. The number of ether oxygens (including phenoxy) is 4. The normalized spacial score (nSPS) is 20.6. The predicted molar refractivity (Wildman–Crippen MR) is 144 cm³/mol. The van der Waals surface area contributed by atoms with Crippen LogP contribution in [0.2, 0.25) is 0 Å². The Hall–Kier alpha value is -2.18. The van der Waals surface area contributed by atoms with Gasteiger partial charge in [0.1, 0.15) is 0 Å². The summed E-state index contributed by atoms with van der Waals surface area (Å²) in [6.45, 7) is 4.17. The third-order valence-electron chi connectivity index (χ3n) is 7.66. The van der Waals surface area contributed by atoms with Gasteiger partial charge in [-0.05, 0) is 63.5 Å². The molecular weight excluding hydrogens is 468 g/mol. The molecule has 1 saturated heterocycles. The van der Waals surface area contributed by atoms with E-state index in [-0.39, 0.29) is 17.7 Å². The minimum Gasteiger partial charge on any atom is -0.463 e. The number of carbonyl (C=O) groups is 2. The largest absolute Gasteiger partial charge is 0.463 e. The van der Waals surface area contributed by atoms with Crippen LogP contribution in [0.1, 0.15) is 101 Å². The van der Waals surface area contributed by atoms with Crippen molar-refractivity contribution in [2.45, 2.75) is 96.2 Å². The topological polar surface area (TPSA) is 71.1 Å². The van der Waals surface area contributed by atoms with Gasteiger partial charge in [0.25, 0.3) is 0 Å². The van der Waals surface area contributed by atoms with Crippen molar-refractivity contribution in [2.75, 3.05) is 26.4 Å². The highest BCUT2D eigenvalue weighted by molar-refractivity contribution is 5.89. The highest BCUT2D eigenvalue weighted by Crippen LogP contribution is 2.49. The van der Waals surface area contributed by atoms with Gasteiger partial charge < -0.3 is 18.9 Å². The summed E-state index contributed by atoms with van der Waals surface area (Å²) >= 11 is 0. The Kier molecular flexibility index (Phi) is 13.2. The van der Waals surface area contributed by atoms with Crippen LogP contribution in [0.5, 0.6) is 0 Å². The maximum absolute atomic E-state index is 12.0. The molecule has 0 unspecified atom stereocenters. The molecule has 1 aliphatic heterocycles. The van der Waals surface area contributed by atoms with Crippen molar-refractivity contribution in [2.24, 2.45) is 11.8 Å². The average Bonchev–Trinajstić information content (AvgIpc) is 3.52. The number of allylic oxidation sites excluding steroid dienone is 1. The maximum Gasteiger partial charge on any atom is 0.338 e. The molecule has 1 heterocycles. The predicted octanol–water partition coefficient (Wildman–Crippen LogP) is 7.02. The first-order valence-electron chi connectivity index (χ1n) is 14.5. The SMILES string of the molecule is CCOC(=O)C=CCCCC[C@@H]1[C@@H](CCCCCCCCOC(=O)c2ccccc2)CCC12OCCO2. The van der Waals surface area contributed by atoms with Crippen LogP contribution < -0.4 is 0 Å². The Morgan fingerprint density at radius 3 is 2.38 bits per heavy atom. The average molecular weight is 515 g/mol. The zero-order valence-electron chi connectivity index (χ0n) is 22.7. The van der Waals surface area contributed by atoms with Gasteiger partial charge in [0.15, 0.2) is 5.79 Å². The van der Waals surface area contributed by atoms with Crippen molar-refractivity contribution in [3.05, 3.63) is 48.0 Å². The molecule has 0 amide bonds. The molecule has 1 aromatic rings. The van der Waals surface area contributed by atoms with Crippen molar-refractivity contribution < 1.29 is 28.5 Å². The Morgan fingerprint density at radius 2 is 1.62 bits per heavy atom. The molecule has 206 valence electrons. The van der Waals surface area contributed by atoms with Crippen LogP contribution >= 0.6 is 0 Å². The van der Waals surface area contributed by atoms with E-state index < -0.39 is 0 Å². The molecule has 37 heavy (non-hydrogen) atoms. The van der Waals surface area contributed by atoms with Gasteiger partial charge in [0.05, 0.1) is 32.0 Å². The van der Waals surface area contributed by atoms with Crippen molar-refractivity contribution in [3.63, 3.8) is 0 Å². The van der Waals surface area contributed by atoms with E-state index >= 15 is 0 Å². The lowest BCUT2D eigenvalue weighted by molar-refractivity contribution is -0.188. The van der Waals surface area contributed by atoms with Gasteiger partial charge in [-0.3, -0.25) is 0 Å². The minimum absolute atomic E-state index is 0.229. The number of unbranched alkanes of at least 4 members (excludes halogenated alkanes) is 7. The third-order valence-corrected chi connectivity index (χ3v) is 7.66. The minimum atomic E-state index is -0.345. The molecule has 1 aromatic carbocycles. The Balaban J connectivity index is 1.26. The van der Waals surface area contributed by atoms with E-state index in [1.54, 1.807) is 18.2 Å². The zero-order chi connectivity index (χ0) is 26.2. The highest BCUT2D eigenvalue weighted by Gasteiger charge is 2.51. The fourth-order valence-corrected chi connectivity index (χ4v) is 5.80. The van der Waals surface area contributed by atoms with Gasteiger partial charge in [-0.1, -0.05) is 62.8 Å². The summed E-state index contributed by atoms with van der Waals surface area (Å²) in [5.74, 6) is 0.320. The first-order valence-corrected chi connectivity index (χ1v) is 14.5. The molecule has 2 atom stereocenters. The fourth-order valence-electron chi connectivity index (χ4n) is 5.80. The van der Waals surface area contributed by atoms with Gasteiger partial charge in [-0.2, -0.15) is 0 Å². The van der Waals surface area contributed by atoms with E-state index in [9.17, 15) is 9.59 Å². The van der Waals surface area contributed by atoms with E-state index in [0.29, 0.717) is 43.8 Å². The first-order chi connectivity index (χ1) is 18.1.